The van der Waals surface area contributed by atoms with Crippen LogP contribution in [0.5, 0.6) is 6.01 Å². The van der Waals surface area contributed by atoms with Crippen LogP contribution in [-0.2, 0) is 0 Å². The van der Waals surface area contributed by atoms with Crippen molar-refractivity contribution in [3.63, 3.8) is 0 Å². The number of aromatic nitrogens is 3. The lowest BCUT2D eigenvalue weighted by Gasteiger charge is -2.44. The third kappa shape index (κ3) is 3.34. The van der Waals surface area contributed by atoms with Gasteiger partial charge in [0, 0.05) is 19.1 Å². The largest absolute Gasteiger partial charge is 0.464 e. The molecule has 4 heterocycles. The quantitative estimate of drug-likeness (QED) is 0.816. The van der Waals surface area contributed by atoms with Gasteiger partial charge in [-0.2, -0.15) is 15.0 Å². The van der Waals surface area contributed by atoms with Crippen molar-refractivity contribution < 1.29 is 4.74 Å². The van der Waals surface area contributed by atoms with Gasteiger partial charge in [-0.1, -0.05) is 0 Å². The van der Waals surface area contributed by atoms with Crippen molar-refractivity contribution in [3.8, 4) is 6.01 Å². The smallest absolute Gasteiger partial charge is 0.323 e. The third-order valence-corrected chi connectivity index (χ3v) is 4.19. The van der Waals surface area contributed by atoms with Crippen molar-refractivity contribution in [3.05, 3.63) is 0 Å². The fourth-order valence-electron chi connectivity index (χ4n) is 3.15. The summed E-state index contributed by atoms with van der Waals surface area (Å²) in [6.07, 6.45) is 2.53. The van der Waals surface area contributed by atoms with Crippen LogP contribution in [-0.4, -0.2) is 58.7 Å². The average Bonchev–Trinajstić information content (AvgIpc) is 2.49. The van der Waals surface area contributed by atoms with Gasteiger partial charge < -0.3 is 20.3 Å². The van der Waals surface area contributed by atoms with Crippen LogP contribution in [0.25, 0.3) is 0 Å². The highest BCUT2D eigenvalue weighted by atomic mass is 16.5. The standard InChI is InChI=1S/C14H24N6O/c1-3-15-12-17-13(19-14(18-12)21-4-2)16-11-9-20-7-5-10(11)6-8-20/h10-11H,3-9H2,1-2H3,(H2,15,16,17,18,19). The molecular weight excluding hydrogens is 268 g/mol. The Morgan fingerprint density at radius 1 is 1.14 bits per heavy atom. The molecule has 0 aromatic carbocycles. The fourth-order valence-corrected chi connectivity index (χ4v) is 3.15. The minimum absolute atomic E-state index is 0.382. The number of fused-ring (bicyclic) bond motifs is 3. The zero-order chi connectivity index (χ0) is 14.7. The molecule has 0 radical (unpaired) electrons. The number of nitrogens with zero attached hydrogens (tertiary/aromatic N) is 4. The summed E-state index contributed by atoms with van der Waals surface area (Å²) < 4.78 is 5.43. The molecule has 1 unspecified atom stereocenters. The van der Waals surface area contributed by atoms with Crippen LogP contribution >= 0.6 is 0 Å². The molecule has 1 aromatic heterocycles. The SMILES string of the molecule is CCNc1nc(NC2CN3CCC2CC3)nc(OCC)n1. The van der Waals surface area contributed by atoms with Gasteiger partial charge in [-0.3, -0.25) is 0 Å². The molecule has 3 fully saturated rings. The van der Waals surface area contributed by atoms with Crippen molar-refractivity contribution in [2.75, 3.05) is 43.4 Å². The van der Waals surface area contributed by atoms with Crippen LogP contribution in [0.3, 0.4) is 0 Å². The van der Waals surface area contributed by atoms with Crippen molar-refractivity contribution in [1.82, 2.24) is 19.9 Å². The van der Waals surface area contributed by atoms with Gasteiger partial charge in [0.15, 0.2) is 0 Å². The summed E-state index contributed by atoms with van der Waals surface area (Å²) in [6.45, 7) is 8.81. The molecule has 2 N–H and O–H groups in total. The van der Waals surface area contributed by atoms with E-state index in [0.29, 0.717) is 30.6 Å². The van der Waals surface area contributed by atoms with Crippen molar-refractivity contribution in [2.45, 2.75) is 32.7 Å². The number of ether oxygens (including phenoxy) is 1. The van der Waals surface area contributed by atoms with E-state index in [0.717, 1.165) is 19.0 Å². The van der Waals surface area contributed by atoms with Crippen LogP contribution < -0.4 is 15.4 Å². The molecule has 0 saturated carbocycles. The zero-order valence-electron chi connectivity index (χ0n) is 12.8. The van der Waals surface area contributed by atoms with Gasteiger partial charge in [-0.05, 0) is 45.7 Å². The van der Waals surface area contributed by atoms with Crippen LogP contribution in [0, 0.1) is 5.92 Å². The Morgan fingerprint density at radius 3 is 2.52 bits per heavy atom. The third-order valence-electron chi connectivity index (χ3n) is 4.19. The molecule has 4 rings (SSSR count). The van der Waals surface area contributed by atoms with Gasteiger partial charge in [0.2, 0.25) is 11.9 Å². The Balaban J connectivity index is 1.74. The minimum atomic E-state index is 0.382. The number of hydrogen-bond donors (Lipinski definition) is 2. The first kappa shape index (κ1) is 14.3. The van der Waals surface area contributed by atoms with E-state index >= 15 is 0 Å². The molecule has 3 aliphatic rings. The Kier molecular flexibility index (Phi) is 4.38. The van der Waals surface area contributed by atoms with Crippen molar-refractivity contribution in [2.24, 2.45) is 5.92 Å². The zero-order valence-corrected chi connectivity index (χ0v) is 12.8. The van der Waals surface area contributed by atoms with Crippen LogP contribution in [0.2, 0.25) is 0 Å². The summed E-state index contributed by atoms with van der Waals surface area (Å²) >= 11 is 0. The molecule has 21 heavy (non-hydrogen) atoms. The molecule has 3 aliphatic heterocycles. The summed E-state index contributed by atoms with van der Waals surface area (Å²) in [5, 5.41) is 6.61. The van der Waals surface area contributed by atoms with E-state index in [1.807, 2.05) is 13.8 Å². The van der Waals surface area contributed by atoms with Gasteiger partial charge in [-0.15, -0.1) is 0 Å². The Morgan fingerprint density at radius 2 is 1.90 bits per heavy atom. The van der Waals surface area contributed by atoms with Crippen LogP contribution in [0.1, 0.15) is 26.7 Å². The number of rotatable bonds is 6. The van der Waals surface area contributed by atoms with Gasteiger partial charge in [0.05, 0.1) is 6.61 Å². The van der Waals surface area contributed by atoms with Gasteiger partial charge in [-0.25, -0.2) is 0 Å². The van der Waals surface area contributed by atoms with E-state index in [1.165, 1.54) is 25.9 Å². The molecule has 7 heteroatoms. The van der Waals surface area contributed by atoms with E-state index in [-0.39, 0.29) is 0 Å². The molecule has 1 aromatic rings. The Labute approximate surface area is 125 Å². The highest BCUT2D eigenvalue weighted by molar-refractivity contribution is 5.37. The normalized spacial score (nSPS) is 27.4. The summed E-state index contributed by atoms with van der Waals surface area (Å²) in [5.74, 6) is 1.91. The second-order valence-corrected chi connectivity index (χ2v) is 5.62. The fraction of sp³-hybridized carbons (Fsp3) is 0.786. The Bertz CT molecular complexity index is 450. The second-order valence-electron chi connectivity index (χ2n) is 5.62. The summed E-state index contributed by atoms with van der Waals surface area (Å²) in [6, 6.07) is 0.811. The maximum absolute atomic E-state index is 5.43. The number of hydrogen-bond acceptors (Lipinski definition) is 7. The molecule has 7 nitrogen and oxygen atoms in total. The minimum Gasteiger partial charge on any atom is -0.464 e. The van der Waals surface area contributed by atoms with Crippen LogP contribution in [0.15, 0.2) is 0 Å². The lowest BCUT2D eigenvalue weighted by molar-refractivity contribution is 0.0971. The predicted molar refractivity (Wildman–Crippen MR) is 81.7 cm³/mol. The lowest BCUT2D eigenvalue weighted by atomic mass is 9.84. The van der Waals surface area contributed by atoms with E-state index in [1.54, 1.807) is 0 Å². The number of anilines is 2. The highest BCUT2D eigenvalue weighted by Gasteiger charge is 2.34. The first-order chi connectivity index (χ1) is 10.3. The van der Waals surface area contributed by atoms with E-state index in [9.17, 15) is 0 Å². The maximum Gasteiger partial charge on any atom is 0.323 e. The van der Waals surface area contributed by atoms with E-state index in [2.05, 4.69) is 30.5 Å². The van der Waals surface area contributed by atoms with E-state index < -0.39 is 0 Å². The topological polar surface area (TPSA) is 75.2 Å². The second kappa shape index (κ2) is 6.43. The summed E-state index contributed by atoms with van der Waals surface area (Å²) in [5.41, 5.74) is 0. The first-order valence-electron chi connectivity index (χ1n) is 7.90. The Hall–Kier alpha value is -1.63. The van der Waals surface area contributed by atoms with Crippen LogP contribution in [0.4, 0.5) is 11.9 Å². The lowest BCUT2D eigenvalue weighted by Crippen LogP contribution is -2.53. The molecular formula is C14H24N6O. The number of piperidine rings is 3. The van der Waals surface area contributed by atoms with Gasteiger partial charge in [0.25, 0.3) is 0 Å². The molecule has 3 saturated heterocycles. The maximum atomic E-state index is 5.43. The molecule has 0 spiro atoms. The molecule has 2 bridgehead atoms. The summed E-state index contributed by atoms with van der Waals surface area (Å²) in [7, 11) is 0. The molecule has 0 aliphatic carbocycles. The summed E-state index contributed by atoms with van der Waals surface area (Å²) in [4.78, 5) is 15.6. The predicted octanol–water partition coefficient (Wildman–Crippen LogP) is 1.21. The van der Waals surface area contributed by atoms with Gasteiger partial charge >= 0.3 is 6.01 Å². The van der Waals surface area contributed by atoms with Crippen molar-refractivity contribution >= 4 is 11.9 Å². The molecule has 1 atom stereocenters. The van der Waals surface area contributed by atoms with E-state index in [4.69, 9.17) is 4.74 Å². The average molecular weight is 292 g/mol. The van der Waals surface area contributed by atoms with Crippen molar-refractivity contribution in [1.29, 1.82) is 0 Å². The van der Waals surface area contributed by atoms with Gasteiger partial charge in [0.1, 0.15) is 0 Å². The first-order valence-corrected chi connectivity index (χ1v) is 7.90. The number of nitrogens with one attached hydrogen (secondary N) is 2. The monoisotopic (exact) mass is 292 g/mol. The molecule has 116 valence electrons. The molecule has 0 amide bonds. The highest BCUT2D eigenvalue weighted by Crippen LogP contribution is 2.29.